The third kappa shape index (κ3) is 2.76. The maximum atomic E-state index is 12.7. The Labute approximate surface area is 110 Å². The van der Waals surface area contributed by atoms with E-state index in [-0.39, 0.29) is 0 Å². The highest BCUT2D eigenvalue weighted by Crippen LogP contribution is 2.31. The summed E-state index contributed by atoms with van der Waals surface area (Å²) in [6.07, 6.45) is -5.21. The van der Waals surface area contributed by atoms with Crippen molar-refractivity contribution in [2.75, 3.05) is 0 Å². The van der Waals surface area contributed by atoms with Crippen LogP contribution in [0.15, 0.2) is 18.2 Å². The quantitative estimate of drug-likeness (QED) is 0.627. The van der Waals surface area contributed by atoms with Gasteiger partial charge in [0.15, 0.2) is 11.5 Å². The summed E-state index contributed by atoms with van der Waals surface area (Å²) in [6, 6.07) is 2.53. The summed E-state index contributed by atoms with van der Waals surface area (Å²) in [5, 5.41) is 28.1. The number of aliphatic carboxylic acids is 1. The maximum absolute atomic E-state index is 12.7. The van der Waals surface area contributed by atoms with E-state index in [0.29, 0.717) is 13.0 Å². The molecule has 0 bridgehead atoms. The average Bonchev–Trinajstić information content (AvgIpc) is 2.30. The van der Waals surface area contributed by atoms with Crippen LogP contribution in [-0.2, 0) is 4.79 Å². The molecule has 1 amide bonds. The van der Waals surface area contributed by atoms with Crippen LogP contribution in [0.2, 0.25) is 0 Å². The number of nitrogens with one attached hydrogen (secondary N) is 1. The van der Waals surface area contributed by atoms with Gasteiger partial charge in [0.2, 0.25) is 5.54 Å². The predicted octanol–water partition coefficient (Wildman–Crippen LogP) is 1.23. The van der Waals surface area contributed by atoms with Crippen molar-refractivity contribution in [2.45, 2.75) is 18.6 Å². The number of alkyl halides is 3. The number of halogens is 3. The average molecular weight is 293 g/mol. The first kappa shape index (κ1) is 15.6. The molecule has 1 unspecified atom stereocenters. The predicted molar refractivity (Wildman–Crippen MR) is 59.3 cm³/mol. The van der Waals surface area contributed by atoms with E-state index >= 15 is 0 Å². The molecule has 0 aliphatic carbocycles. The van der Waals surface area contributed by atoms with E-state index in [1.54, 1.807) is 0 Å². The standard InChI is InChI=1S/C11H10F3NO5/c1-10(9(19)20,11(12,13)14)15-8(18)5-2-3-6(16)7(17)4-5/h2-4,16-17H,1H3,(H,15,18)(H,19,20). The second-order valence-corrected chi connectivity index (χ2v) is 4.09. The molecule has 0 heterocycles. The van der Waals surface area contributed by atoms with Crippen molar-refractivity contribution in [2.24, 2.45) is 0 Å². The summed E-state index contributed by atoms with van der Waals surface area (Å²) in [5.74, 6) is -4.93. The number of carbonyl (C=O) groups is 2. The highest BCUT2D eigenvalue weighted by Gasteiger charge is 2.58. The van der Waals surface area contributed by atoms with Crippen LogP contribution in [0.25, 0.3) is 0 Å². The molecule has 0 aliphatic heterocycles. The Hall–Kier alpha value is -2.45. The normalized spacial score (nSPS) is 14.4. The Morgan fingerprint density at radius 1 is 1.15 bits per heavy atom. The molecular formula is C11H10F3NO5. The number of benzene rings is 1. The molecule has 0 aliphatic rings. The molecule has 4 N–H and O–H groups in total. The summed E-state index contributed by atoms with van der Waals surface area (Å²) < 4.78 is 38.1. The number of phenols is 2. The second-order valence-electron chi connectivity index (χ2n) is 4.09. The van der Waals surface area contributed by atoms with Gasteiger partial charge in [-0.25, -0.2) is 4.79 Å². The van der Waals surface area contributed by atoms with Crippen molar-refractivity contribution < 1.29 is 38.1 Å². The maximum Gasteiger partial charge on any atom is 0.422 e. The number of carboxylic acid groups (broad SMARTS) is 1. The van der Waals surface area contributed by atoms with Crippen LogP contribution in [0.1, 0.15) is 17.3 Å². The van der Waals surface area contributed by atoms with E-state index in [1.165, 1.54) is 5.32 Å². The minimum absolute atomic E-state index is 0.299. The van der Waals surface area contributed by atoms with Crippen molar-refractivity contribution in [3.05, 3.63) is 23.8 Å². The SMILES string of the molecule is CC(NC(=O)c1ccc(O)c(O)c1)(C(=O)O)C(F)(F)F. The molecule has 110 valence electrons. The molecule has 0 saturated heterocycles. The Morgan fingerprint density at radius 3 is 2.10 bits per heavy atom. The van der Waals surface area contributed by atoms with Gasteiger partial charge in [-0.3, -0.25) is 4.79 Å². The van der Waals surface area contributed by atoms with Crippen molar-refractivity contribution >= 4 is 11.9 Å². The summed E-state index contributed by atoms with van der Waals surface area (Å²) in [6.45, 7) is 0.299. The molecule has 9 heteroatoms. The number of hydrogen-bond acceptors (Lipinski definition) is 4. The van der Waals surface area contributed by atoms with Gasteiger partial charge < -0.3 is 20.6 Å². The molecule has 1 rings (SSSR count). The summed E-state index contributed by atoms with van der Waals surface area (Å²) in [7, 11) is 0. The van der Waals surface area contributed by atoms with Crippen LogP contribution in [0.3, 0.4) is 0 Å². The lowest BCUT2D eigenvalue weighted by Crippen LogP contribution is -2.61. The zero-order valence-electron chi connectivity index (χ0n) is 10.0. The highest BCUT2D eigenvalue weighted by molar-refractivity contribution is 5.98. The van der Waals surface area contributed by atoms with E-state index < -0.39 is 40.7 Å². The largest absolute Gasteiger partial charge is 0.504 e. The van der Waals surface area contributed by atoms with Crippen molar-refractivity contribution in [3.8, 4) is 11.5 Å². The summed E-state index contributed by atoms with van der Waals surface area (Å²) >= 11 is 0. The molecule has 0 spiro atoms. The molecule has 0 saturated carbocycles. The minimum atomic E-state index is -5.21. The second kappa shape index (κ2) is 4.91. The lowest BCUT2D eigenvalue weighted by atomic mass is 10.0. The number of rotatable bonds is 3. The summed E-state index contributed by atoms with van der Waals surface area (Å²) in [5.41, 5.74) is -3.91. The number of amides is 1. The number of hydrogen-bond donors (Lipinski definition) is 4. The van der Waals surface area contributed by atoms with E-state index in [1.807, 2.05) is 0 Å². The zero-order valence-corrected chi connectivity index (χ0v) is 10.0. The van der Waals surface area contributed by atoms with Crippen LogP contribution in [-0.4, -0.2) is 38.9 Å². The van der Waals surface area contributed by atoms with Gasteiger partial charge >= 0.3 is 12.1 Å². The third-order valence-corrected chi connectivity index (χ3v) is 2.60. The van der Waals surface area contributed by atoms with Crippen molar-refractivity contribution in [3.63, 3.8) is 0 Å². The molecule has 20 heavy (non-hydrogen) atoms. The van der Waals surface area contributed by atoms with Gasteiger partial charge in [-0.05, 0) is 25.1 Å². The summed E-state index contributed by atoms with van der Waals surface area (Å²) in [4.78, 5) is 22.3. The number of phenolic OH excluding ortho intramolecular Hbond substituents is 2. The first-order valence-electron chi connectivity index (χ1n) is 5.13. The molecule has 0 aromatic heterocycles. The van der Waals surface area contributed by atoms with E-state index in [4.69, 9.17) is 15.3 Å². The fraction of sp³-hybridized carbons (Fsp3) is 0.273. The van der Waals surface area contributed by atoms with Crippen LogP contribution in [0.5, 0.6) is 11.5 Å². The fourth-order valence-electron chi connectivity index (χ4n) is 1.21. The first-order valence-corrected chi connectivity index (χ1v) is 5.13. The van der Waals surface area contributed by atoms with Crippen LogP contribution < -0.4 is 5.32 Å². The van der Waals surface area contributed by atoms with Gasteiger partial charge in [-0.15, -0.1) is 0 Å². The third-order valence-electron chi connectivity index (χ3n) is 2.60. The molecule has 1 aromatic carbocycles. The first-order chi connectivity index (χ1) is 8.99. The number of aromatic hydroxyl groups is 2. The highest BCUT2D eigenvalue weighted by atomic mass is 19.4. The number of carboxylic acids is 1. The molecule has 0 radical (unpaired) electrons. The van der Waals surface area contributed by atoms with Gasteiger partial charge in [0, 0.05) is 5.56 Å². The zero-order chi connectivity index (χ0) is 15.7. The Kier molecular flexibility index (Phi) is 3.83. The van der Waals surface area contributed by atoms with E-state index in [0.717, 1.165) is 12.1 Å². The Bertz CT molecular complexity index is 557. The molecule has 1 aromatic rings. The molecular weight excluding hydrogens is 283 g/mol. The molecule has 1 atom stereocenters. The fourth-order valence-corrected chi connectivity index (χ4v) is 1.21. The lowest BCUT2D eigenvalue weighted by Gasteiger charge is -2.28. The smallest absolute Gasteiger partial charge is 0.422 e. The van der Waals surface area contributed by atoms with Crippen LogP contribution >= 0.6 is 0 Å². The van der Waals surface area contributed by atoms with Crippen LogP contribution in [0, 0.1) is 0 Å². The molecule has 6 nitrogen and oxygen atoms in total. The van der Waals surface area contributed by atoms with Gasteiger partial charge in [0.25, 0.3) is 5.91 Å². The van der Waals surface area contributed by atoms with Crippen LogP contribution in [0.4, 0.5) is 13.2 Å². The van der Waals surface area contributed by atoms with Crippen molar-refractivity contribution in [1.82, 2.24) is 5.32 Å². The Morgan fingerprint density at radius 2 is 1.70 bits per heavy atom. The minimum Gasteiger partial charge on any atom is -0.504 e. The number of carbonyl (C=O) groups excluding carboxylic acids is 1. The van der Waals surface area contributed by atoms with Gasteiger partial charge in [0.1, 0.15) is 0 Å². The topological polar surface area (TPSA) is 107 Å². The Balaban J connectivity index is 3.09. The lowest BCUT2D eigenvalue weighted by molar-refractivity contribution is -0.203. The van der Waals surface area contributed by atoms with Gasteiger partial charge in [-0.1, -0.05) is 0 Å². The molecule has 0 fully saturated rings. The van der Waals surface area contributed by atoms with Gasteiger partial charge in [-0.2, -0.15) is 13.2 Å². The monoisotopic (exact) mass is 293 g/mol. The van der Waals surface area contributed by atoms with Gasteiger partial charge in [0.05, 0.1) is 0 Å². The van der Waals surface area contributed by atoms with E-state index in [9.17, 15) is 22.8 Å². The van der Waals surface area contributed by atoms with E-state index in [2.05, 4.69) is 0 Å². The van der Waals surface area contributed by atoms with Crippen molar-refractivity contribution in [1.29, 1.82) is 0 Å².